The number of para-hydroxylation sites is 1. The fraction of sp³-hybridized carbons (Fsp3) is 0.115. The van der Waals surface area contributed by atoms with Gasteiger partial charge in [-0.15, -0.1) is 0 Å². The van der Waals surface area contributed by atoms with Gasteiger partial charge in [0, 0.05) is 17.7 Å². The minimum Gasteiger partial charge on any atom is -0.481 e. The summed E-state index contributed by atoms with van der Waals surface area (Å²) in [5.74, 6) is -0.991. The van der Waals surface area contributed by atoms with Crippen LogP contribution in [0.15, 0.2) is 91.1 Å². The number of aromatic nitrogens is 2. The number of nitrogens with one attached hydrogen (secondary N) is 1. The molecule has 0 atom stereocenters. The van der Waals surface area contributed by atoms with Crippen LogP contribution in [0.1, 0.15) is 17.5 Å². The zero-order valence-corrected chi connectivity index (χ0v) is 17.4. The van der Waals surface area contributed by atoms with Crippen LogP contribution in [-0.4, -0.2) is 26.8 Å². The van der Waals surface area contributed by atoms with Gasteiger partial charge in [0.2, 0.25) is 5.91 Å². The lowest BCUT2D eigenvalue weighted by atomic mass is 10.0. The van der Waals surface area contributed by atoms with E-state index in [2.05, 4.69) is 10.4 Å². The monoisotopic (exact) mass is 425 g/mol. The first-order chi connectivity index (χ1) is 15.6. The third-order valence-electron chi connectivity index (χ3n) is 5.11. The molecule has 4 rings (SSSR count). The predicted molar refractivity (Wildman–Crippen MR) is 124 cm³/mol. The van der Waals surface area contributed by atoms with Crippen LogP contribution in [0.2, 0.25) is 0 Å². The molecule has 0 saturated carbocycles. The van der Waals surface area contributed by atoms with Crippen LogP contribution in [0.25, 0.3) is 16.9 Å². The third-order valence-corrected chi connectivity index (χ3v) is 5.11. The Morgan fingerprint density at radius 1 is 0.875 bits per heavy atom. The average molecular weight is 425 g/mol. The number of carboxylic acids is 1. The van der Waals surface area contributed by atoms with E-state index in [-0.39, 0.29) is 12.3 Å². The second-order valence-electron chi connectivity index (χ2n) is 7.45. The highest BCUT2D eigenvalue weighted by atomic mass is 16.4. The second-order valence-corrected chi connectivity index (χ2v) is 7.45. The minimum absolute atomic E-state index is 0.0398. The van der Waals surface area contributed by atoms with Crippen molar-refractivity contribution in [2.75, 3.05) is 5.32 Å². The molecule has 0 aliphatic rings. The van der Waals surface area contributed by atoms with Crippen molar-refractivity contribution in [3.8, 4) is 16.9 Å². The molecular weight excluding hydrogens is 402 g/mol. The molecule has 0 unspecified atom stereocenters. The van der Waals surface area contributed by atoms with Gasteiger partial charge in [0.15, 0.2) is 0 Å². The summed E-state index contributed by atoms with van der Waals surface area (Å²) in [6.45, 7) is 0. The lowest BCUT2D eigenvalue weighted by molar-refractivity contribution is -0.136. The number of nitrogens with zero attached hydrogens (tertiary/aromatic N) is 2. The molecule has 0 fully saturated rings. The van der Waals surface area contributed by atoms with Gasteiger partial charge >= 0.3 is 5.97 Å². The lowest BCUT2D eigenvalue weighted by Gasteiger charge is -2.11. The fourth-order valence-corrected chi connectivity index (χ4v) is 3.59. The van der Waals surface area contributed by atoms with E-state index in [4.69, 9.17) is 5.11 Å². The lowest BCUT2D eigenvalue weighted by Crippen LogP contribution is -2.12. The zero-order chi connectivity index (χ0) is 22.3. The van der Waals surface area contributed by atoms with Gasteiger partial charge in [0.05, 0.1) is 24.0 Å². The molecule has 1 aromatic heterocycles. The Bertz CT molecular complexity index is 1200. The number of anilines is 1. The van der Waals surface area contributed by atoms with Crippen LogP contribution in [0.4, 0.5) is 5.69 Å². The number of aliphatic carboxylic acids is 1. The SMILES string of the molecule is O=C(O)Cc1ccc(NC(=O)CCc2cnn(-c3ccccc3)c2-c2ccccc2)cc1. The maximum atomic E-state index is 12.5. The number of carbonyl (C=O) groups excluding carboxylic acids is 1. The van der Waals surface area contributed by atoms with Gasteiger partial charge in [-0.1, -0.05) is 60.7 Å². The normalized spacial score (nSPS) is 10.6. The van der Waals surface area contributed by atoms with Gasteiger partial charge in [0.1, 0.15) is 0 Å². The Morgan fingerprint density at radius 3 is 2.19 bits per heavy atom. The Kier molecular flexibility index (Phi) is 6.41. The van der Waals surface area contributed by atoms with Crippen LogP contribution in [0, 0.1) is 0 Å². The molecule has 1 heterocycles. The number of rotatable bonds is 8. The fourth-order valence-electron chi connectivity index (χ4n) is 3.59. The molecule has 0 spiro atoms. The van der Waals surface area contributed by atoms with Gasteiger partial charge in [-0.05, 0) is 41.8 Å². The molecule has 4 aromatic rings. The average Bonchev–Trinajstić information content (AvgIpc) is 3.24. The largest absolute Gasteiger partial charge is 0.481 e. The van der Waals surface area contributed by atoms with Crippen LogP contribution in [0.3, 0.4) is 0 Å². The highest BCUT2D eigenvalue weighted by molar-refractivity contribution is 5.91. The first-order valence-corrected chi connectivity index (χ1v) is 10.4. The summed E-state index contributed by atoms with van der Waals surface area (Å²) in [4.78, 5) is 23.3. The number of hydrogen-bond donors (Lipinski definition) is 2. The second kappa shape index (κ2) is 9.75. The summed E-state index contributed by atoms with van der Waals surface area (Å²) in [6, 6.07) is 26.8. The van der Waals surface area contributed by atoms with Crippen molar-refractivity contribution in [3.05, 3.63) is 102 Å². The number of hydrogen-bond acceptors (Lipinski definition) is 3. The van der Waals surface area contributed by atoms with Crippen molar-refractivity contribution in [1.29, 1.82) is 0 Å². The molecule has 0 aliphatic carbocycles. The van der Waals surface area contributed by atoms with Gasteiger partial charge in [-0.25, -0.2) is 4.68 Å². The minimum atomic E-state index is -0.882. The molecule has 0 aliphatic heterocycles. The first kappa shape index (κ1) is 21.1. The van der Waals surface area contributed by atoms with Crippen LogP contribution >= 0.6 is 0 Å². The number of carbonyl (C=O) groups is 2. The van der Waals surface area contributed by atoms with Crippen molar-refractivity contribution in [3.63, 3.8) is 0 Å². The van der Waals surface area contributed by atoms with Crippen LogP contribution in [0.5, 0.6) is 0 Å². The zero-order valence-electron chi connectivity index (χ0n) is 17.4. The van der Waals surface area contributed by atoms with Crippen LogP contribution in [-0.2, 0) is 22.4 Å². The molecule has 1 amide bonds. The van der Waals surface area contributed by atoms with Gasteiger partial charge < -0.3 is 10.4 Å². The van der Waals surface area contributed by atoms with E-state index < -0.39 is 5.97 Å². The number of carboxylic acid groups (broad SMARTS) is 1. The molecule has 2 N–H and O–H groups in total. The van der Waals surface area contributed by atoms with E-state index >= 15 is 0 Å². The molecular formula is C26H23N3O3. The summed E-state index contributed by atoms with van der Waals surface area (Å²) in [5, 5.41) is 16.3. The summed E-state index contributed by atoms with van der Waals surface area (Å²) in [6.07, 6.45) is 2.63. The Labute approximate surface area is 186 Å². The van der Waals surface area contributed by atoms with Crippen molar-refractivity contribution in [1.82, 2.24) is 9.78 Å². The number of amides is 1. The smallest absolute Gasteiger partial charge is 0.307 e. The van der Waals surface area contributed by atoms with Crippen LogP contribution < -0.4 is 5.32 Å². The summed E-state index contributed by atoms with van der Waals surface area (Å²) >= 11 is 0. The topological polar surface area (TPSA) is 84.2 Å². The maximum Gasteiger partial charge on any atom is 0.307 e. The van der Waals surface area contributed by atoms with E-state index in [0.717, 1.165) is 22.5 Å². The standard InChI is InChI=1S/C26H23N3O3/c30-24(28-22-14-11-19(12-15-22)17-25(31)32)16-13-21-18-27-29(23-9-5-2-6-10-23)26(21)20-7-3-1-4-8-20/h1-12,14-15,18H,13,16-17H2,(H,28,30)(H,31,32). The van der Waals surface area contributed by atoms with E-state index in [1.165, 1.54) is 0 Å². The quantitative estimate of drug-likeness (QED) is 0.427. The molecule has 6 nitrogen and oxygen atoms in total. The molecule has 32 heavy (non-hydrogen) atoms. The van der Waals surface area contributed by atoms with Crippen molar-refractivity contribution < 1.29 is 14.7 Å². The van der Waals surface area contributed by atoms with E-state index in [9.17, 15) is 9.59 Å². The van der Waals surface area contributed by atoms with Crippen molar-refractivity contribution in [2.45, 2.75) is 19.3 Å². The van der Waals surface area contributed by atoms with Crippen molar-refractivity contribution >= 4 is 17.6 Å². The van der Waals surface area contributed by atoms with E-state index in [0.29, 0.717) is 24.1 Å². The highest BCUT2D eigenvalue weighted by Gasteiger charge is 2.15. The molecule has 3 aromatic carbocycles. The summed E-state index contributed by atoms with van der Waals surface area (Å²) < 4.78 is 1.91. The van der Waals surface area contributed by atoms with Gasteiger partial charge in [0.25, 0.3) is 0 Å². The molecule has 0 saturated heterocycles. The first-order valence-electron chi connectivity index (χ1n) is 10.4. The van der Waals surface area contributed by atoms with Gasteiger partial charge in [-0.3, -0.25) is 9.59 Å². The predicted octanol–water partition coefficient (Wildman–Crippen LogP) is 4.74. The Hall–Kier alpha value is -4.19. The molecule has 0 radical (unpaired) electrons. The maximum absolute atomic E-state index is 12.5. The van der Waals surface area contributed by atoms with Crippen molar-refractivity contribution in [2.24, 2.45) is 0 Å². The number of benzene rings is 3. The van der Waals surface area contributed by atoms with E-state index in [1.54, 1.807) is 24.3 Å². The summed E-state index contributed by atoms with van der Waals surface area (Å²) in [5.41, 5.74) is 5.31. The number of aryl methyl sites for hydroxylation is 1. The Balaban J connectivity index is 1.49. The molecule has 6 heteroatoms. The molecule has 160 valence electrons. The third kappa shape index (κ3) is 5.10. The summed E-state index contributed by atoms with van der Waals surface area (Å²) in [7, 11) is 0. The Morgan fingerprint density at radius 2 is 1.53 bits per heavy atom. The highest BCUT2D eigenvalue weighted by Crippen LogP contribution is 2.27. The van der Waals surface area contributed by atoms with E-state index in [1.807, 2.05) is 71.5 Å². The molecule has 0 bridgehead atoms. The van der Waals surface area contributed by atoms with Gasteiger partial charge in [-0.2, -0.15) is 5.10 Å².